The van der Waals surface area contributed by atoms with Gasteiger partial charge in [-0.2, -0.15) is 4.31 Å². The van der Waals surface area contributed by atoms with E-state index in [1.807, 2.05) is 0 Å². The minimum Gasteiger partial charge on any atom is -0.336 e. The molecule has 0 unspecified atom stereocenters. The van der Waals surface area contributed by atoms with E-state index in [-0.39, 0.29) is 10.8 Å². The van der Waals surface area contributed by atoms with Crippen molar-refractivity contribution in [2.24, 2.45) is 0 Å². The van der Waals surface area contributed by atoms with E-state index in [2.05, 4.69) is 5.32 Å². The Morgan fingerprint density at radius 3 is 2.30 bits per heavy atom. The SMILES string of the molecule is O=C(c1ccccc1S(=O)(=O)N1CCCCC1)N1CCNCC1. The maximum atomic E-state index is 12.9. The number of sulfonamides is 1. The molecule has 1 amide bonds. The summed E-state index contributed by atoms with van der Waals surface area (Å²) in [6.07, 6.45) is 2.83. The molecule has 3 rings (SSSR count). The number of nitrogens with one attached hydrogen (secondary N) is 1. The van der Waals surface area contributed by atoms with E-state index in [4.69, 9.17) is 0 Å². The Labute approximate surface area is 137 Å². The summed E-state index contributed by atoms with van der Waals surface area (Å²) in [6, 6.07) is 6.59. The Morgan fingerprint density at radius 1 is 0.957 bits per heavy atom. The summed E-state index contributed by atoms with van der Waals surface area (Å²) < 4.78 is 27.4. The molecule has 1 N–H and O–H groups in total. The monoisotopic (exact) mass is 337 g/mol. The van der Waals surface area contributed by atoms with Gasteiger partial charge in [0.25, 0.3) is 5.91 Å². The van der Waals surface area contributed by atoms with Gasteiger partial charge in [-0.05, 0) is 25.0 Å². The molecule has 2 saturated heterocycles. The van der Waals surface area contributed by atoms with Crippen LogP contribution in [-0.2, 0) is 10.0 Å². The first-order valence-corrected chi connectivity index (χ1v) is 9.64. The van der Waals surface area contributed by atoms with Crippen LogP contribution in [0.4, 0.5) is 0 Å². The molecule has 2 heterocycles. The smallest absolute Gasteiger partial charge is 0.255 e. The highest BCUT2D eigenvalue weighted by molar-refractivity contribution is 7.89. The summed E-state index contributed by atoms with van der Waals surface area (Å²) in [4.78, 5) is 14.6. The first kappa shape index (κ1) is 16.4. The fourth-order valence-electron chi connectivity index (χ4n) is 3.15. The summed E-state index contributed by atoms with van der Waals surface area (Å²) in [5.74, 6) is -0.192. The third kappa shape index (κ3) is 3.41. The largest absolute Gasteiger partial charge is 0.336 e. The second-order valence-corrected chi connectivity index (χ2v) is 7.91. The molecule has 0 saturated carbocycles. The zero-order chi connectivity index (χ0) is 16.3. The fraction of sp³-hybridized carbons (Fsp3) is 0.562. The number of carbonyl (C=O) groups is 1. The van der Waals surface area contributed by atoms with Crippen molar-refractivity contribution in [2.75, 3.05) is 39.3 Å². The number of nitrogens with zero attached hydrogens (tertiary/aromatic N) is 2. The minimum absolute atomic E-state index is 0.144. The lowest BCUT2D eigenvalue weighted by molar-refractivity contribution is 0.0731. The van der Waals surface area contributed by atoms with E-state index in [1.54, 1.807) is 29.2 Å². The van der Waals surface area contributed by atoms with Gasteiger partial charge in [-0.1, -0.05) is 18.6 Å². The number of piperazine rings is 1. The van der Waals surface area contributed by atoms with E-state index < -0.39 is 10.0 Å². The molecule has 0 spiro atoms. The van der Waals surface area contributed by atoms with Crippen LogP contribution in [0, 0.1) is 0 Å². The zero-order valence-corrected chi connectivity index (χ0v) is 14.0. The Balaban J connectivity index is 1.92. The van der Waals surface area contributed by atoms with Crippen molar-refractivity contribution < 1.29 is 13.2 Å². The van der Waals surface area contributed by atoms with Crippen LogP contribution in [0.3, 0.4) is 0 Å². The molecular formula is C16H23N3O3S. The van der Waals surface area contributed by atoms with Crippen molar-refractivity contribution in [1.29, 1.82) is 0 Å². The second-order valence-electron chi connectivity index (χ2n) is 6.00. The minimum atomic E-state index is -3.61. The van der Waals surface area contributed by atoms with Crippen molar-refractivity contribution in [3.63, 3.8) is 0 Å². The van der Waals surface area contributed by atoms with Crippen LogP contribution in [0.1, 0.15) is 29.6 Å². The average molecular weight is 337 g/mol. The lowest BCUT2D eigenvalue weighted by Crippen LogP contribution is -2.47. The Morgan fingerprint density at radius 2 is 1.61 bits per heavy atom. The quantitative estimate of drug-likeness (QED) is 0.890. The normalized spacial score (nSPS) is 20.4. The molecular weight excluding hydrogens is 314 g/mol. The molecule has 7 heteroatoms. The zero-order valence-electron chi connectivity index (χ0n) is 13.2. The number of benzene rings is 1. The van der Waals surface area contributed by atoms with Gasteiger partial charge in [-0.3, -0.25) is 4.79 Å². The molecule has 1 aromatic carbocycles. The molecule has 2 fully saturated rings. The Bertz CT molecular complexity index is 663. The highest BCUT2D eigenvalue weighted by Gasteiger charge is 2.31. The first-order valence-electron chi connectivity index (χ1n) is 8.20. The molecule has 0 bridgehead atoms. The predicted molar refractivity (Wildman–Crippen MR) is 87.8 cm³/mol. The average Bonchev–Trinajstić information content (AvgIpc) is 2.62. The van der Waals surface area contributed by atoms with Gasteiger partial charge in [0.05, 0.1) is 10.5 Å². The maximum Gasteiger partial charge on any atom is 0.255 e. The first-order chi connectivity index (χ1) is 11.1. The lowest BCUT2D eigenvalue weighted by atomic mass is 10.2. The number of carbonyl (C=O) groups excluding carboxylic acids is 1. The molecule has 126 valence electrons. The fourth-order valence-corrected chi connectivity index (χ4v) is 4.85. The summed E-state index contributed by atoms with van der Waals surface area (Å²) >= 11 is 0. The topological polar surface area (TPSA) is 69.7 Å². The van der Waals surface area contributed by atoms with Crippen LogP contribution in [-0.4, -0.2) is 62.8 Å². The molecule has 0 atom stereocenters. The van der Waals surface area contributed by atoms with Crippen molar-refractivity contribution in [3.8, 4) is 0 Å². The van der Waals surface area contributed by atoms with Crippen molar-refractivity contribution in [2.45, 2.75) is 24.2 Å². The van der Waals surface area contributed by atoms with Gasteiger partial charge in [-0.15, -0.1) is 0 Å². The summed E-state index contributed by atoms with van der Waals surface area (Å²) in [5.41, 5.74) is 0.292. The maximum absolute atomic E-state index is 12.9. The standard InChI is InChI=1S/C16H23N3O3S/c20-16(18-12-8-17-9-13-18)14-6-2-3-7-15(14)23(21,22)19-10-4-1-5-11-19/h2-3,6-7,17H,1,4-5,8-13H2. The molecule has 0 radical (unpaired) electrons. The number of hydrogen-bond acceptors (Lipinski definition) is 4. The van der Waals surface area contributed by atoms with Gasteiger partial charge < -0.3 is 10.2 Å². The second kappa shape index (κ2) is 6.98. The van der Waals surface area contributed by atoms with Gasteiger partial charge in [0.15, 0.2) is 0 Å². The number of piperidine rings is 1. The number of amides is 1. The van der Waals surface area contributed by atoms with Crippen LogP contribution in [0.5, 0.6) is 0 Å². The molecule has 0 aliphatic carbocycles. The third-order valence-corrected chi connectivity index (χ3v) is 6.41. The highest BCUT2D eigenvalue weighted by atomic mass is 32.2. The van der Waals surface area contributed by atoms with Crippen LogP contribution in [0.15, 0.2) is 29.2 Å². The van der Waals surface area contributed by atoms with E-state index in [1.165, 1.54) is 4.31 Å². The van der Waals surface area contributed by atoms with Gasteiger partial charge in [0.2, 0.25) is 10.0 Å². The molecule has 1 aromatic rings. The van der Waals surface area contributed by atoms with Crippen molar-refractivity contribution >= 4 is 15.9 Å². The summed E-state index contributed by atoms with van der Waals surface area (Å²) in [5, 5.41) is 3.20. The third-order valence-electron chi connectivity index (χ3n) is 4.45. The van der Waals surface area contributed by atoms with Crippen LogP contribution >= 0.6 is 0 Å². The lowest BCUT2D eigenvalue weighted by Gasteiger charge is -2.30. The molecule has 23 heavy (non-hydrogen) atoms. The highest BCUT2D eigenvalue weighted by Crippen LogP contribution is 2.24. The number of rotatable bonds is 3. The van der Waals surface area contributed by atoms with E-state index in [0.717, 1.165) is 32.4 Å². The number of hydrogen-bond donors (Lipinski definition) is 1. The van der Waals surface area contributed by atoms with Crippen molar-refractivity contribution in [3.05, 3.63) is 29.8 Å². The molecule has 6 nitrogen and oxygen atoms in total. The van der Waals surface area contributed by atoms with E-state index in [0.29, 0.717) is 31.7 Å². The Hall–Kier alpha value is -1.44. The molecule has 2 aliphatic rings. The van der Waals surface area contributed by atoms with Gasteiger partial charge in [0, 0.05) is 39.3 Å². The van der Waals surface area contributed by atoms with Crippen LogP contribution in [0.2, 0.25) is 0 Å². The molecule has 0 aromatic heterocycles. The summed E-state index contributed by atoms with van der Waals surface area (Å²) in [7, 11) is -3.61. The van der Waals surface area contributed by atoms with Crippen LogP contribution < -0.4 is 5.32 Å². The van der Waals surface area contributed by atoms with Gasteiger partial charge in [0.1, 0.15) is 0 Å². The summed E-state index contributed by atoms with van der Waals surface area (Å²) in [6.45, 7) is 3.78. The van der Waals surface area contributed by atoms with Crippen LogP contribution in [0.25, 0.3) is 0 Å². The van der Waals surface area contributed by atoms with E-state index in [9.17, 15) is 13.2 Å². The Kier molecular flexibility index (Phi) is 4.99. The van der Waals surface area contributed by atoms with Gasteiger partial charge in [-0.25, -0.2) is 8.42 Å². The van der Waals surface area contributed by atoms with Crippen molar-refractivity contribution in [1.82, 2.24) is 14.5 Å². The molecule has 2 aliphatic heterocycles. The van der Waals surface area contributed by atoms with E-state index >= 15 is 0 Å². The van der Waals surface area contributed by atoms with Gasteiger partial charge >= 0.3 is 0 Å². The predicted octanol–water partition coefficient (Wildman–Crippen LogP) is 0.907.